The highest BCUT2D eigenvalue weighted by atomic mass is 35.5. The number of carbonyl (C=O) groups is 1. The SMILES string of the molecule is Cc1nc(SCc2cccc(Cl)c2)[nH]c(=O)c1CC(=O)Nc1cccc2ccccc12. The molecule has 0 atom stereocenters. The lowest BCUT2D eigenvalue weighted by molar-refractivity contribution is -0.115. The van der Waals surface area contributed by atoms with E-state index in [-0.39, 0.29) is 17.9 Å². The predicted octanol–water partition coefficient (Wildman–Crippen LogP) is 5.36. The van der Waals surface area contributed by atoms with Gasteiger partial charge in [0, 0.05) is 33.1 Å². The zero-order valence-electron chi connectivity index (χ0n) is 16.8. The summed E-state index contributed by atoms with van der Waals surface area (Å²) >= 11 is 7.43. The van der Waals surface area contributed by atoms with Gasteiger partial charge in [0.2, 0.25) is 5.91 Å². The molecule has 0 radical (unpaired) electrons. The van der Waals surface area contributed by atoms with Crippen molar-refractivity contribution in [3.8, 4) is 0 Å². The van der Waals surface area contributed by atoms with Crippen LogP contribution in [0.25, 0.3) is 10.8 Å². The minimum atomic E-state index is -0.297. The number of H-pyrrole nitrogens is 1. The molecular weight excluding hydrogens is 430 g/mol. The largest absolute Gasteiger partial charge is 0.325 e. The minimum absolute atomic E-state index is 0.0450. The smallest absolute Gasteiger partial charge is 0.255 e. The van der Waals surface area contributed by atoms with E-state index < -0.39 is 0 Å². The van der Waals surface area contributed by atoms with Crippen molar-refractivity contribution in [3.05, 3.63) is 98.9 Å². The van der Waals surface area contributed by atoms with Crippen LogP contribution in [0.1, 0.15) is 16.8 Å². The van der Waals surface area contributed by atoms with Crippen LogP contribution in [-0.4, -0.2) is 15.9 Å². The number of hydrogen-bond donors (Lipinski definition) is 2. The van der Waals surface area contributed by atoms with Gasteiger partial charge in [-0.2, -0.15) is 0 Å². The second-order valence-electron chi connectivity index (χ2n) is 7.11. The standard InChI is InChI=1S/C24H20ClN3O2S/c1-15-20(13-22(29)27-21-11-5-8-17-7-2-3-10-19(17)21)23(30)28-24(26-15)31-14-16-6-4-9-18(25)12-16/h2-12H,13-14H2,1H3,(H,27,29)(H,26,28,30). The molecule has 1 amide bonds. The summed E-state index contributed by atoms with van der Waals surface area (Å²) in [7, 11) is 0. The molecule has 0 spiro atoms. The van der Waals surface area contributed by atoms with Gasteiger partial charge in [0.25, 0.3) is 5.56 Å². The van der Waals surface area contributed by atoms with Crippen molar-refractivity contribution in [2.75, 3.05) is 5.32 Å². The first kappa shape index (κ1) is 21.2. The van der Waals surface area contributed by atoms with Gasteiger partial charge in [-0.05, 0) is 36.1 Å². The molecule has 0 aliphatic carbocycles. The van der Waals surface area contributed by atoms with Crippen molar-refractivity contribution in [1.29, 1.82) is 0 Å². The molecule has 0 saturated carbocycles. The number of amides is 1. The quantitative estimate of drug-likeness (QED) is 0.307. The third-order valence-corrected chi connectivity index (χ3v) is 6.05. The Bertz CT molecular complexity index is 1310. The maximum Gasteiger partial charge on any atom is 0.255 e. The third kappa shape index (κ3) is 5.16. The summed E-state index contributed by atoms with van der Waals surface area (Å²) in [5.41, 5.74) is 2.37. The molecule has 156 valence electrons. The Morgan fingerprint density at radius 3 is 2.68 bits per heavy atom. The number of nitrogens with zero attached hydrogens (tertiary/aromatic N) is 1. The maximum atomic E-state index is 12.6. The number of nitrogens with one attached hydrogen (secondary N) is 2. The molecule has 7 heteroatoms. The van der Waals surface area contributed by atoms with E-state index >= 15 is 0 Å². The highest BCUT2D eigenvalue weighted by Gasteiger charge is 2.14. The molecule has 1 heterocycles. The molecule has 0 fully saturated rings. The molecule has 0 saturated heterocycles. The number of hydrogen-bond acceptors (Lipinski definition) is 4. The van der Waals surface area contributed by atoms with Crippen molar-refractivity contribution < 1.29 is 4.79 Å². The Morgan fingerprint density at radius 1 is 1.10 bits per heavy atom. The number of aryl methyl sites for hydroxylation is 1. The van der Waals surface area contributed by atoms with Gasteiger partial charge < -0.3 is 10.3 Å². The van der Waals surface area contributed by atoms with E-state index in [1.54, 1.807) is 6.92 Å². The van der Waals surface area contributed by atoms with Crippen LogP contribution in [0.5, 0.6) is 0 Å². The number of aromatic nitrogens is 2. The monoisotopic (exact) mass is 449 g/mol. The highest BCUT2D eigenvalue weighted by Crippen LogP contribution is 2.24. The summed E-state index contributed by atoms with van der Waals surface area (Å²) in [6.07, 6.45) is -0.0450. The summed E-state index contributed by atoms with van der Waals surface area (Å²) in [5.74, 6) is 0.371. The lowest BCUT2D eigenvalue weighted by atomic mass is 10.1. The van der Waals surface area contributed by atoms with E-state index in [1.165, 1.54) is 11.8 Å². The van der Waals surface area contributed by atoms with E-state index in [0.717, 1.165) is 22.0 Å². The number of rotatable bonds is 6. The van der Waals surface area contributed by atoms with Crippen molar-refractivity contribution in [1.82, 2.24) is 9.97 Å². The number of carbonyl (C=O) groups excluding carboxylic acids is 1. The fourth-order valence-corrected chi connectivity index (χ4v) is 4.39. The van der Waals surface area contributed by atoms with Crippen LogP contribution in [0.15, 0.2) is 76.7 Å². The van der Waals surface area contributed by atoms with Gasteiger partial charge in [-0.15, -0.1) is 0 Å². The van der Waals surface area contributed by atoms with Crippen LogP contribution in [0.3, 0.4) is 0 Å². The molecule has 0 bridgehead atoms. The molecule has 0 aliphatic heterocycles. The fraction of sp³-hybridized carbons (Fsp3) is 0.125. The number of anilines is 1. The van der Waals surface area contributed by atoms with Crippen molar-refractivity contribution in [3.63, 3.8) is 0 Å². The van der Waals surface area contributed by atoms with E-state index in [0.29, 0.717) is 27.2 Å². The summed E-state index contributed by atoms with van der Waals surface area (Å²) in [4.78, 5) is 32.5. The molecule has 3 aromatic carbocycles. The Balaban J connectivity index is 1.47. The van der Waals surface area contributed by atoms with Gasteiger partial charge in [0.05, 0.1) is 6.42 Å². The number of benzene rings is 3. The van der Waals surface area contributed by atoms with Gasteiger partial charge in [-0.3, -0.25) is 9.59 Å². The first-order chi connectivity index (χ1) is 15.0. The molecule has 5 nitrogen and oxygen atoms in total. The lowest BCUT2D eigenvalue weighted by Crippen LogP contribution is -2.23. The number of aromatic amines is 1. The van der Waals surface area contributed by atoms with Gasteiger partial charge in [-0.25, -0.2) is 4.98 Å². The van der Waals surface area contributed by atoms with E-state index in [2.05, 4.69) is 15.3 Å². The van der Waals surface area contributed by atoms with Gasteiger partial charge in [-0.1, -0.05) is 71.9 Å². The van der Waals surface area contributed by atoms with Crippen molar-refractivity contribution >= 4 is 45.7 Å². The molecule has 0 unspecified atom stereocenters. The van der Waals surface area contributed by atoms with Crippen molar-refractivity contribution in [2.24, 2.45) is 0 Å². The molecule has 0 aliphatic rings. The first-order valence-corrected chi connectivity index (χ1v) is 11.1. The Kier molecular flexibility index (Phi) is 6.39. The average Bonchev–Trinajstić information content (AvgIpc) is 2.75. The number of fused-ring (bicyclic) bond motifs is 1. The summed E-state index contributed by atoms with van der Waals surface area (Å²) in [5, 5.41) is 6.09. The zero-order valence-corrected chi connectivity index (χ0v) is 18.4. The minimum Gasteiger partial charge on any atom is -0.325 e. The molecule has 2 N–H and O–H groups in total. The second kappa shape index (κ2) is 9.37. The Hall–Kier alpha value is -3.09. The third-order valence-electron chi connectivity index (χ3n) is 4.87. The molecule has 4 aromatic rings. The summed E-state index contributed by atoms with van der Waals surface area (Å²) in [6, 6.07) is 21.1. The predicted molar refractivity (Wildman–Crippen MR) is 127 cm³/mol. The second-order valence-corrected chi connectivity index (χ2v) is 8.51. The van der Waals surface area contributed by atoms with Crippen LogP contribution >= 0.6 is 23.4 Å². The molecule has 1 aromatic heterocycles. The van der Waals surface area contributed by atoms with Crippen LogP contribution in [0, 0.1) is 6.92 Å². The number of thioether (sulfide) groups is 1. The van der Waals surface area contributed by atoms with Crippen LogP contribution in [0.4, 0.5) is 5.69 Å². The molecular formula is C24H20ClN3O2S. The van der Waals surface area contributed by atoms with E-state index in [1.807, 2.05) is 66.7 Å². The fourth-order valence-electron chi connectivity index (χ4n) is 3.33. The van der Waals surface area contributed by atoms with Crippen molar-refractivity contribution in [2.45, 2.75) is 24.3 Å². The summed E-state index contributed by atoms with van der Waals surface area (Å²) < 4.78 is 0. The highest BCUT2D eigenvalue weighted by molar-refractivity contribution is 7.98. The molecule has 4 rings (SSSR count). The van der Waals surface area contributed by atoms with E-state index in [9.17, 15) is 9.59 Å². The van der Waals surface area contributed by atoms with Gasteiger partial charge in [0.15, 0.2) is 5.16 Å². The van der Waals surface area contributed by atoms with Gasteiger partial charge >= 0.3 is 0 Å². The van der Waals surface area contributed by atoms with Gasteiger partial charge in [0.1, 0.15) is 0 Å². The molecule has 31 heavy (non-hydrogen) atoms. The average molecular weight is 450 g/mol. The normalized spacial score (nSPS) is 10.9. The first-order valence-electron chi connectivity index (χ1n) is 9.74. The zero-order chi connectivity index (χ0) is 21.8. The Labute approximate surface area is 188 Å². The maximum absolute atomic E-state index is 12.6. The Morgan fingerprint density at radius 2 is 1.87 bits per heavy atom. The lowest BCUT2D eigenvalue weighted by Gasteiger charge is -2.10. The number of halogens is 1. The summed E-state index contributed by atoms with van der Waals surface area (Å²) in [6.45, 7) is 1.75. The van der Waals surface area contributed by atoms with Crippen LogP contribution in [-0.2, 0) is 17.0 Å². The van der Waals surface area contributed by atoms with Crippen LogP contribution in [0.2, 0.25) is 5.02 Å². The van der Waals surface area contributed by atoms with E-state index in [4.69, 9.17) is 11.6 Å². The topological polar surface area (TPSA) is 74.8 Å². The van der Waals surface area contributed by atoms with Crippen LogP contribution < -0.4 is 10.9 Å².